The molecule has 0 aliphatic carbocycles. The van der Waals surface area contributed by atoms with Crippen molar-refractivity contribution in [1.82, 2.24) is 0 Å². The smallest absolute Gasteiger partial charge is 0.193 e. The van der Waals surface area contributed by atoms with Crippen LogP contribution in [0.3, 0.4) is 0 Å². The summed E-state index contributed by atoms with van der Waals surface area (Å²) in [5, 5.41) is 0. The minimum absolute atomic E-state index is 0.0169. The van der Waals surface area contributed by atoms with Gasteiger partial charge in [-0.3, -0.25) is 4.79 Å². The molecule has 0 amide bonds. The molecule has 0 saturated carbocycles. The van der Waals surface area contributed by atoms with E-state index in [1.165, 1.54) is 6.26 Å². The fraction of sp³-hybridized carbons (Fsp3) is 0.154. The maximum atomic E-state index is 12.1. The van der Waals surface area contributed by atoms with Crippen LogP contribution in [0.2, 0.25) is 0 Å². The summed E-state index contributed by atoms with van der Waals surface area (Å²) >= 11 is 7.37. The van der Waals surface area contributed by atoms with Gasteiger partial charge in [0.15, 0.2) is 5.43 Å². The highest BCUT2D eigenvalue weighted by Crippen LogP contribution is 2.39. The van der Waals surface area contributed by atoms with Crippen LogP contribution in [0.15, 0.2) is 44.6 Å². The molecule has 1 aromatic heterocycles. The molecular formula is C13H9ClO2S. The predicted molar refractivity (Wildman–Crippen MR) is 69.5 cm³/mol. The molecule has 1 aromatic carbocycles. The zero-order valence-electron chi connectivity index (χ0n) is 8.90. The van der Waals surface area contributed by atoms with E-state index < -0.39 is 0 Å². The fourth-order valence-corrected chi connectivity index (χ4v) is 3.17. The van der Waals surface area contributed by atoms with Crippen molar-refractivity contribution in [3.05, 3.63) is 51.9 Å². The quantitative estimate of drug-likeness (QED) is 0.737. The van der Waals surface area contributed by atoms with E-state index in [0.717, 1.165) is 16.0 Å². The number of fused-ring (bicyclic) bond motifs is 3. The second-order valence-electron chi connectivity index (χ2n) is 3.82. The third-order valence-electron chi connectivity index (χ3n) is 2.81. The number of rotatable bonds is 1. The second kappa shape index (κ2) is 4.24. The van der Waals surface area contributed by atoms with Gasteiger partial charge in [0.2, 0.25) is 0 Å². The molecule has 3 rings (SSSR count). The van der Waals surface area contributed by atoms with Gasteiger partial charge >= 0.3 is 0 Å². The Morgan fingerprint density at radius 3 is 3.00 bits per heavy atom. The van der Waals surface area contributed by atoms with E-state index in [9.17, 15) is 4.79 Å². The van der Waals surface area contributed by atoms with Gasteiger partial charge in [0.05, 0.1) is 17.7 Å². The maximum absolute atomic E-state index is 12.1. The molecule has 2 heterocycles. The van der Waals surface area contributed by atoms with Crippen molar-refractivity contribution in [1.29, 1.82) is 0 Å². The average Bonchev–Trinajstić information content (AvgIpc) is 2.39. The lowest BCUT2D eigenvalue weighted by Gasteiger charge is -2.17. The number of alkyl halides is 1. The molecule has 2 aromatic rings. The normalized spacial score (nSPS) is 13.0. The first kappa shape index (κ1) is 10.9. The second-order valence-corrected chi connectivity index (χ2v) is 5.10. The first-order valence-electron chi connectivity index (χ1n) is 5.23. The number of benzene rings is 1. The highest BCUT2D eigenvalue weighted by atomic mass is 35.5. The van der Waals surface area contributed by atoms with Crippen LogP contribution in [0.25, 0.3) is 11.3 Å². The van der Waals surface area contributed by atoms with E-state index in [-0.39, 0.29) is 11.3 Å². The van der Waals surface area contributed by atoms with E-state index in [1.54, 1.807) is 11.8 Å². The van der Waals surface area contributed by atoms with Gasteiger partial charge in [-0.15, -0.1) is 23.4 Å². The zero-order chi connectivity index (χ0) is 11.8. The van der Waals surface area contributed by atoms with Crippen LogP contribution in [0.4, 0.5) is 0 Å². The lowest BCUT2D eigenvalue weighted by Crippen LogP contribution is -2.15. The summed E-state index contributed by atoms with van der Waals surface area (Å²) in [6.45, 7) is 0. The molecular weight excluding hydrogens is 256 g/mol. The first-order chi connectivity index (χ1) is 8.31. The molecule has 0 unspecified atom stereocenters. The summed E-state index contributed by atoms with van der Waals surface area (Å²) in [5.74, 6) is 1.54. The van der Waals surface area contributed by atoms with E-state index >= 15 is 0 Å². The Bertz CT molecular complexity index is 634. The molecule has 1 aliphatic heterocycles. The molecule has 0 saturated heterocycles. The summed E-state index contributed by atoms with van der Waals surface area (Å²) in [6, 6.07) is 7.95. The third kappa shape index (κ3) is 1.70. The predicted octanol–water partition coefficient (Wildman–Crippen LogP) is 3.65. The van der Waals surface area contributed by atoms with E-state index in [2.05, 4.69) is 0 Å². The first-order valence-corrected chi connectivity index (χ1v) is 6.75. The number of hydrogen-bond acceptors (Lipinski definition) is 3. The molecule has 0 atom stereocenters. The Kier molecular flexibility index (Phi) is 2.73. The van der Waals surface area contributed by atoms with Gasteiger partial charge < -0.3 is 4.42 Å². The lowest BCUT2D eigenvalue weighted by molar-refractivity contribution is 0.551. The van der Waals surface area contributed by atoms with Crippen molar-refractivity contribution in [3.8, 4) is 11.3 Å². The van der Waals surface area contributed by atoms with Gasteiger partial charge in [0.1, 0.15) is 5.76 Å². The molecule has 1 aliphatic rings. The molecule has 0 N–H and O–H groups in total. The third-order valence-corrected chi connectivity index (χ3v) is 4.19. The van der Waals surface area contributed by atoms with Crippen LogP contribution in [0, 0.1) is 0 Å². The minimum atomic E-state index is 0.0169. The maximum Gasteiger partial charge on any atom is 0.193 e. The van der Waals surface area contributed by atoms with Crippen LogP contribution in [0.5, 0.6) is 0 Å². The van der Waals surface area contributed by atoms with Crippen molar-refractivity contribution in [2.75, 3.05) is 0 Å². The summed E-state index contributed by atoms with van der Waals surface area (Å²) < 4.78 is 5.58. The summed E-state index contributed by atoms with van der Waals surface area (Å²) in [5.41, 5.74) is 2.28. The molecule has 86 valence electrons. The van der Waals surface area contributed by atoms with Crippen molar-refractivity contribution < 1.29 is 4.42 Å². The Hall–Kier alpha value is -1.19. The lowest BCUT2D eigenvalue weighted by atomic mass is 10.1. The molecule has 2 nitrogen and oxygen atoms in total. The summed E-state index contributed by atoms with van der Waals surface area (Å²) in [7, 11) is 0. The van der Waals surface area contributed by atoms with Crippen molar-refractivity contribution >= 4 is 23.4 Å². The van der Waals surface area contributed by atoms with Gasteiger partial charge in [0, 0.05) is 21.8 Å². The topological polar surface area (TPSA) is 30.2 Å². The molecule has 0 radical (unpaired) electrons. The zero-order valence-corrected chi connectivity index (χ0v) is 10.5. The van der Waals surface area contributed by atoms with Gasteiger partial charge in [-0.05, 0) is 6.07 Å². The SMILES string of the molecule is O=c1c(CCl)coc2c1CSc1ccccc1-2. The minimum Gasteiger partial charge on any atom is -0.463 e. The van der Waals surface area contributed by atoms with Crippen molar-refractivity contribution in [2.24, 2.45) is 0 Å². The Morgan fingerprint density at radius 1 is 1.35 bits per heavy atom. The number of hydrogen-bond donors (Lipinski definition) is 0. The van der Waals surface area contributed by atoms with Gasteiger partial charge in [0.25, 0.3) is 0 Å². The summed E-state index contributed by atoms with van der Waals surface area (Å²) in [4.78, 5) is 13.3. The highest BCUT2D eigenvalue weighted by molar-refractivity contribution is 7.98. The number of halogens is 1. The van der Waals surface area contributed by atoms with Crippen LogP contribution < -0.4 is 5.43 Å². The van der Waals surface area contributed by atoms with E-state index in [4.69, 9.17) is 16.0 Å². The molecule has 4 heteroatoms. The van der Waals surface area contributed by atoms with Crippen molar-refractivity contribution in [3.63, 3.8) is 0 Å². The van der Waals surface area contributed by atoms with Crippen molar-refractivity contribution in [2.45, 2.75) is 16.5 Å². The van der Waals surface area contributed by atoms with Crippen LogP contribution in [-0.2, 0) is 11.6 Å². The number of thioether (sulfide) groups is 1. The summed E-state index contributed by atoms with van der Waals surface area (Å²) in [6.07, 6.45) is 1.47. The monoisotopic (exact) mass is 264 g/mol. The average molecular weight is 265 g/mol. The van der Waals surface area contributed by atoms with Gasteiger partial charge in [-0.2, -0.15) is 0 Å². The van der Waals surface area contributed by atoms with Gasteiger partial charge in [-0.25, -0.2) is 0 Å². The van der Waals surface area contributed by atoms with Crippen LogP contribution in [0.1, 0.15) is 11.1 Å². The van der Waals surface area contributed by atoms with Crippen LogP contribution >= 0.6 is 23.4 Å². The Balaban J connectivity index is 2.28. The molecule has 0 fully saturated rings. The molecule has 0 spiro atoms. The highest BCUT2D eigenvalue weighted by Gasteiger charge is 2.22. The van der Waals surface area contributed by atoms with E-state index in [1.807, 2.05) is 24.3 Å². The molecule has 17 heavy (non-hydrogen) atoms. The Morgan fingerprint density at radius 2 is 2.18 bits per heavy atom. The largest absolute Gasteiger partial charge is 0.463 e. The van der Waals surface area contributed by atoms with Gasteiger partial charge in [-0.1, -0.05) is 18.2 Å². The van der Waals surface area contributed by atoms with E-state index in [0.29, 0.717) is 17.1 Å². The van der Waals surface area contributed by atoms with Crippen LogP contribution in [-0.4, -0.2) is 0 Å². The standard InChI is InChI=1S/C13H9ClO2S/c14-5-8-6-16-13-9-3-1-2-4-11(9)17-7-10(13)12(8)15/h1-4,6H,5,7H2. The Labute approximate surface area is 108 Å². The fourth-order valence-electron chi connectivity index (χ4n) is 1.93. The molecule has 0 bridgehead atoms.